The molecule has 286 valence electrons. The molecule has 3 nitrogen and oxygen atoms in total. The lowest BCUT2D eigenvalue weighted by Gasteiger charge is -2.28. The molecule has 2 aromatic heterocycles. The standard InChI is InChI=1S/C58H38N2O/c1-2-14-39(15-3-1)40-28-33-44(34-29-40)59(54-25-9-8-22-50(54)51-23-13-24-52-53-37-32-42-16-4-5-19-47(42)57(53)61-58(51)52)45-35-30-41(31-36-45)43-17-12-18-46(38-43)60-55-26-10-6-20-48(55)49-21-7-11-27-56(49)60/h1-38H/i28D,29D,30D,31D,33D,34D,35D,36D. The van der Waals surface area contributed by atoms with E-state index in [1.807, 2.05) is 121 Å². The van der Waals surface area contributed by atoms with E-state index in [-0.39, 0.29) is 46.7 Å². The molecule has 3 heteroatoms. The van der Waals surface area contributed by atoms with Crippen molar-refractivity contribution in [1.29, 1.82) is 0 Å². The SMILES string of the molecule is [2H]c1c([2H])c(N(c2ccccc2-c2cccc3c2oc2c4ccccc4ccc32)c2c([2H])c([2H])c(-c3cccc(-n4c5ccccc5c5ccccc54)c3)c([2H])c2[2H])c([2H])c([2H])c1-c1ccccc1. The molecule has 61 heavy (non-hydrogen) atoms. The smallest absolute Gasteiger partial charge is 0.143 e. The average Bonchev–Trinajstić information content (AvgIpc) is 3.94. The van der Waals surface area contributed by atoms with E-state index in [1.54, 1.807) is 42.5 Å². The third-order valence-electron chi connectivity index (χ3n) is 11.5. The molecule has 0 aliphatic carbocycles. The van der Waals surface area contributed by atoms with E-state index in [1.165, 1.54) is 4.90 Å². The highest BCUT2D eigenvalue weighted by molar-refractivity contribution is 6.17. The topological polar surface area (TPSA) is 21.3 Å². The summed E-state index contributed by atoms with van der Waals surface area (Å²) in [5.41, 5.74) is 6.12. The molecule has 2 heterocycles. The van der Waals surface area contributed by atoms with Gasteiger partial charge in [-0.25, -0.2) is 0 Å². The first-order valence-corrected chi connectivity index (χ1v) is 20.2. The van der Waals surface area contributed by atoms with Crippen LogP contribution in [-0.4, -0.2) is 4.57 Å². The lowest BCUT2D eigenvalue weighted by molar-refractivity contribution is 0.674. The van der Waals surface area contributed by atoms with Crippen LogP contribution in [0.2, 0.25) is 0 Å². The number of aromatic nitrogens is 1. The molecular weight excluding hydrogens is 741 g/mol. The number of rotatable bonds is 7. The van der Waals surface area contributed by atoms with Crippen LogP contribution < -0.4 is 4.90 Å². The number of fused-ring (bicyclic) bond motifs is 8. The van der Waals surface area contributed by atoms with Gasteiger partial charge >= 0.3 is 0 Å². The minimum Gasteiger partial charge on any atom is -0.455 e. The Morgan fingerprint density at radius 1 is 0.377 bits per heavy atom. The van der Waals surface area contributed by atoms with Crippen LogP contribution in [0.3, 0.4) is 0 Å². The minimum atomic E-state index is -0.430. The maximum atomic E-state index is 9.87. The zero-order chi connectivity index (χ0) is 47.2. The van der Waals surface area contributed by atoms with Gasteiger partial charge in [-0.3, -0.25) is 0 Å². The van der Waals surface area contributed by atoms with Crippen molar-refractivity contribution in [1.82, 2.24) is 4.57 Å². The molecule has 0 fully saturated rings. The second kappa shape index (κ2) is 14.3. The van der Waals surface area contributed by atoms with Gasteiger partial charge in [0.15, 0.2) is 0 Å². The predicted molar refractivity (Wildman–Crippen MR) is 257 cm³/mol. The van der Waals surface area contributed by atoms with Crippen molar-refractivity contribution >= 4 is 71.6 Å². The van der Waals surface area contributed by atoms with Crippen LogP contribution in [0.1, 0.15) is 11.0 Å². The van der Waals surface area contributed by atoms with Gasteiger partial charge in [-0.05, 0) is 88.2 Å². The van der Waals surface area contributed by atoms with Crippen molar-refractivity contribution in [2.24, 2.45) is 0 Å². The Kier molecular flexibility index (Phi) is 6.45. The van der Waals surface area contributed by atoms with Gasteiger partial charge in [0.1, 0.15) is 11.2 Å². The van der Waals surface area contributed by atoms with E-state index >= 15 is 0 Å². The zero-order valence-corrected chi connectivity index (χ0v) is 32.6. The molecule has 0 amide bonds. The quantitative estimate of drug-likeness (QED) is 0.160. The molecule has 0 N–H and O–H groups in total. The van der Waals surface area contributed by atoms with Crippen LogP contribution in [0.5, 0.6) is 0 Å². The molecule has 0 unspecified atom stereocenters. The normalized spacial score (nSPS) is 13.4. The van der Waals surface area contributed by atoms with Crippen LogP contribution in [0.4, 0.5) is 17.1 Å². The van der Waals surface area contributed by atoms with Crippen molar-refractivity contribution in [3.05, 3.63) is 230 Å². The molecule has 0 atom stereocenters. The van der Waals surface area contributed by atoms with Crippen molar-refractivity contribution < 1.29 is 15.4 Å². The molecule has 0 aliphatic heterocycles. The fourth-order valence-corrected chi connectivity index (χ4v) is 8.72. The highest BCUT2D eigenvalue weighted by Gasteiger charge is 2.21. The largest absolute Gasteiger partial charge is 0.455 e. The molecule has 0 spiro atoms. The van der Waals surface area contributed by atoms with E-state index in [0.717, 1.165) is 49.0 Å². The van der Waals surface area contributed by atoms with Crippen molar-refractivity contribution in [2.45, 2.75) is 0 Å². The van der Waals surface area contributed by atoms with E-state index in [4.69, 9.17) is 4.42 Å². The van der Waals surface area contributed by atoms with Gasteiger partial charge in [0.05, 0.1) is 27.7 Å². The molecule has 12 rings (SSSR count). The highest BCUT2D eigenvalue weighted by atomic mass is 16.3. The molecule has 0 aliphatic rings. The van der Waals surface area contributed by atoms with Crippen LogP contribution in [-0.2, 0) is 0 Å². The second-order valence-electron chi connectivity index (χ2n) is 15.0. The first kappa shape index (κ1) is 27.5. The number of anilines is 3. The maximum Gasteiger partial charge on any atom is 0.143 e. The summed E-state index contributed by atoms with van der Waals surface area (Å²) in [7, 11) is 0. The van der Waals surface area contributed by atoms with Crippen molar-refractivity contribution in [2.75, 3.05) is 4.90 Å². The molecule has 10 aromatic carbocycles. The van der Waals surface area contributed by atoms with Crippen molar-refractivity contribution in [3.63, 3.8) is 0 Å². The summed E-state index contributed by atoms with van der Waals surface area (Å²) in [4.78, 5) is 1.38. The summed E-state index contributed by atoms with van der Waals surface area (Å²) in [6, 6.07) is 54.6. The van der Waals surface area contributed by atoms with Gasteiger partial charge in [0.2, 0.25) is 0 Å². The third-order valence-corrected chi connectivity index (χ3v) is 11.5. The Balaban J connectivity index is 1.11. The molecular formula is C58H38N2O. The molecule has 0 saturated carbocycles. The number of furan rings is 1. The first-order chi connectivity index (χ1) is 33.6. The summed E-state index contributed by atoms with van der Waals surface area (Å²) in [5.74, 6) is 0. The van der Waals surface area contributed by atoms with Crippen LogP contribution >= 0.6 is 0 Å². The number of benzene rings is 10. The third kappa shape index (κ3) is 5.82. The lowest BCUT2D eigenvalue weighted by Crippen LogP contribution is -2.11. The van der Waals surface area contributed by atoms with Gasteiger partial charge in [-0.2, -0.15) is 0 Å². The zero-order valence-electron chi connectivity index (χ0n) is 40.6. The first-order valence-electron chi connectivity index (χ1n) is 24.2. The summed E-state index contributed by atoms with van der Waals surface area (Å²) in [6.45, 7) is 0. The van der Waals surface area contributed by atoms with Gasteiger partial charge in [0.25, 0.3) is 0 Å². The van der Waals surface area contributed by atoms with E-state index in [2.05, 4.69) is 22.8 Å². The van der Waals surface area contributed by atoms with Gasteiger partial charge < -0.3 is 13.9 Å². The number of hydrogen-bond donors (Lipinski definition) is 0. The van der Waals surface area contributed by atoms with Crippen LogP contribution in [0.25, 0.3) is 93.6 Å². The number of hydrogen-bond acceptors (Lipinski definition) is 2. The Morgan fingerprint density at radius 2 is 0.918 bits per heavy atom. The van der Waals surface area contributed by atoms with E-state index in [0.29, 0.717) is 39.1 Å². The maximum absolute atomic E-state index is 9.87. The predicted octanol–water partition coefficient (Wildman–Crippen LogP) is 16.3. The van der Waals surface area contributed by atoms with E-state index in [9.17, 15) is 11.0 Å². The Bertz CT molecular complexity index is 3970. The number of para-hydroxylation sites is 4. The average molecular weight is 787 g/mol. The fraction of sp³-hybridized carbons (Fsp3) is 0. The second-order valence-corrected chi connectivity index (χ2v) is 15.0. The van der Waals surface area contributed by atoms with Crippen LogP contribution in [0.15, 0.2) is 235 Å². The Hall–Kier alpha value is -8.14. The molecule has 0 radical (unpaired) electrons. The number of nitrogens with zero attached hydrogens (tertiary/aromatic N) is 2. The van der Waals surface area contributed by atoms with Crippen LogP contribution in [0, 0.1) is 0 Å². The molecule has 0 bridgehead atoms. The van der Waals surface area contributed by atoms with E-state index < -0.39 is 24.2 Å². The molecule has 12 aromatic rings. The summed E-state index contributed by atoms with van der Waals surface area (Å²) >= 11 is 0. The summed E-state index contributed by atoms with van der Waals surface area (Å²) < 4.78 is 86.2. The highest BCUT2D eigenvalue weighted by Crippen LogP contribution is 2.46. The fourth-order valence-electron chi connectivity index (χ4n) is 8.72. The van der Waals surface area contributed by atoms with Gasteiger partial charge in [-0.15, -0.1) is 0 Å². The summed E-state index contributed by atoms with van der Waals surface area (Å²) in [6.07, 6.45) is 0. The monoisotopic (exact) mass is 786 g/mol. The molecule has 0 saturated heterocycles. The Morgan fingerprint density at radius 3 is 1.66 bits per heavy atom. The van der Waals surface area contributed by atoms with Gasteiger partial charge in [-0.1, -0.05) is 170 Å². The lowest BCUT2D eigenvalue weighted by atomic mass is 9.98. The summed E-state index contributed by atoms with van der Waals surface area (Å²) in [5, 5.41) is 5.87. The van der Waals surface area contributed by atoms with Crippen molar-refractivity contribution in [3.8, 4) is 39.1 Å². The minimum absolute atomic E-state index is 0.0721. The van der Waals surface area contributed by atoms with Gasteiger partial charge in [0, 0.05) is 55.1 Å². The Labute approximate surface area is 364 Å².